The Bertz CT molecular complexity index is 1120. The van der Waals surface area contributed by atoms with Crippen molar-refractivity contribution in [1.29, 1.82) is 0 Å². The zero-order valence-electron chi connectivity index (χ0n) is 16.1. The van der Waals surface area contributed by atoms with Gasteiger partial charge in [-0.05, 0) is 48.6 Å². The number of anilines is 1. The van der Waals surface area contributed by atoms with Gasteiger partial charge < -0.3 is 14.8 Å². The Kier molecular flexibility index (Phi) is 6.08. The molecule has 0 spiro atoms. The molecule has 2 aromatic heterocycles. The average Bonchev–Trinajstić information content (AvgIpc) is 3.17. The smallest absolute Gasteiger partial charge is 0.350 e. The van der Waals surface area contributed by atoms with E-state index in [0.29, 0.717) is 16.3 Å². The first-order valence-corrected chi connectivity index (χ1v) is 9.53. The zero-order valence-corrected chi connectivity index (χ0v) is 16.9. The van der Waals surface area contributed by atoms with Gasteiger partial charge in [0.15, 0.2) is 6.61 Å². The number of aromatic nitrogens is 2. The summed E-state index contributed by atoms with van der Waals surface area (Å²) >= 11 is 1.16. The molecule has 1 aromatic carbocycles. The molecule has 0 aliphatic heterocycles. The van der Waals surface area contributed by atoms with Crippen LogP contribution in [0.2, 0.25) is 0 Å². The highest BCUT2D eigenvalue weighted by molar-refractivity contribution is 7.12. The van der Waals surface area contributed by atoms with Crippen LogP contribution in [0.4, 0.5) is 5.69 Å². The Morgan fingerprint density at radius 3 is 2.66 bits per heavy atom. The van der Waals surface area contributed by atoms with E-state index in [0.717, 1.165) is 22.5 Å². The summed E-state index contributed by atoms with van der Waals surface area (Å²) in [5.41, 5.74) is 2.77. The predicted octanol–water partition coefficient (Wildman–Crippen LogP) is 2.71. The van der Waals surface area contributed by atoms with Crippen molar-refractivity contribution >= 4 is 28.9 Å². The van der Waals surface area contributed by atoms with Crippen molar-refractivity contribution in [2.45, 2.75) is 13.8 Å². The summed E-state index contributed by atoms with van der Waals surface area (Å²) in [5.74, 6) is -0.880. The fourth-order valence-electron chi connectivity index (χ4n) is 2.50. The lowest BCUT2D eigenvalue weighted by molar-refractivity contribution is -0.118. The molecule has 9 heteroatoms. The minimum absolute atomic E-state index is 0.122. The van der Waals surface area contributed by atoms with Gasteiger partial charge in [0, 0.05) is 12.1 Å². The second kappa shape index (κ2) is 8.70. The van der Waals surface area contributed by atoms with Crippen molar-refractivity contribution in [3.05, 3.63) is 68.1 Å². The highest BCUT2D eigenvalue weighted by Gasteiger charge is 2.16. The maximum absolute atomic E-state index is 12.2. The van der Waals surface area contributed by atoms with Crippen LogP contribution in [0.1, 0.15) is 20.8 Å². The average molecular weight is 413 g/mol. The highest BCUT2D eigenvalue weighted by Crippen LogP contribution is 2.23. The van der Waals surface area contributed by atoms with Crippen LogP contribution >= 0.6 is 11.3 Å². The van der Waals surface area contributed by atoms with E-state index in [4.69, 9.17) is 4.74 Å². The third-order valence-corrected chi connectivity index (χ3v) is 5.07. The fraction of sp³-hybridized carbons (Fsp3) is 0.200. The Morgan fingerprint density at radius 1 is 1.14 bits per heavy atom. The number of rotatable bonds is 6. The fourth-order valence-corrected chi connectivity index (χ4v) is 3.26. The van der Waals surface area contributed by atoms with Gasteiger partial charge in [0.2, 0.25) is 5.88 Å². The molecule has 1 amide bonds. The van der Waals surface area contributed by atoms with Crippen molar-refractivity contribution < 1.29 is 19.1 Å². The number of hydrogen-bond acceptors (Lipinski definition) is 7. The minimum atomic E-state index is -0.529. The van der Waals surface area contributed by atoms with Crippen LogP contribution < -0.4 is 15.6 Å². The van der Waals surface area contributed by atoms with E-state index in [1.807, 2.05) is 26.0 Å². The third-order valence-electron chi connectivity index (χ3n) is 4.17. The summed E-state index contributed by atoms with van der Waals surface area (Å²) in [6.45, 7) is 3.59. The van der Waals surface area contributed by atoms with Crippen LogP contribution in [-0.2, 0) is 9.53 Å². The van der Waals surface area contributed by atoms with Crippen LogP contribution in [0.5, 0.6) is 5.88 Å². The van der Waals surface area contributed by atoms with Gasteiger partial charge in [0.25, 0.3) is 11.5 Å². The molecule has 0 fully saturated rings. The highest BCUT2D eigenvalue weighted by atomic mass is 32.1. The van der Waals surface area contributed by atoms with E-state index in [1.165, 1.54) is 23.9 Å². The quantitative estimate of drug-likeness (QED) is 0.624. The number of amides is 1. The lowest BCUT2D eigenvalue weighted by Gasteiger charge is -2.10. The summed E-state index contributed by atoms with van der Waals surface area (Å²) in [6, 6.07) is 9.87. The van der Waals surface area contributed by atoms with Crippen molar-refractivity contribution in [1.82, 2.24) is 9.78 Å². The molecule has 3 aromatic rings. The number of nitrogens with zero attached hydrogens (tertiary/aromatic N) is 2. The molecular formula is C20H19N3O5S. The molecule has 3 rings (SSSR count). The van der Waals surface area contributed by atoms with E-state index >= 15 is 0 Å². The van der Waals surface area contributed by atoms with Crippen molar-refractivity contribution in [3.8, 4) is 11.6 Å². The second-order valence-corrected chi connectivity index (χ2v) is 7.10. The maximum Gasteiger partial charge on any atom is 0.350 e. The molecule has 8 nitrogen and oxygen atoms in total. The van der Waals surface area contributed by atoms with Gasteiger partial charge in [0.05, 0.1) is 18.5 Å². The maximum atomic E-state index is 12.2. The Balaban J connectivity index is 1.70. The summed E-state index contributed by atoms with van der Waals surface area (Å²) < 4.78 is 11.3. The summed E-state index contributed by atoms with van der Waals surface area (Å²) in [4.78, 5) is 36.3. The summed E-state index contributed by atoms with van der Waals surface area (Å²) in [6.07, 6.45) is 0. The number of ether oxygens (including phenoxy) is 2. The van der Waals surface area contributed by atoms with E-state index in [9.17, 15) is 14.4 Å². The van der Waals surface area contributed by atoms with Crippen LogP contribution in [0.25, 0.3) is 5.69 Å². The number of carbonyl (C=O) groups excluding carboxylic acids is 2. The topological polar surface area (TPSA) is 99.5 Å². The molecule has 0 saturated carbocycles. The molecule has 150 valence electrons. The summed E-state index contributed by atoms with van der Waals surface area (Å²) in [5, 5.41) is 8.44. The van der Waals surface area contributed by atoms with Gasteiger partial charge >= 0.3 is 5.97 Å². The number of thiophene rings is 1. The van der Waals surface area contributed by atoms with Crippen LogP contribution in [-0.4, -0.2) is 35.4 Å². The molecular weight excluding hydrogens is 394 g/mol. The van der Waals surface area contributed by atoms with Gasteiger partial charge in [0.1, 0.15) is 4.88 Å². The van der Waals surface area contributed by atoms with Crippen LogP contribution in [0.3, 0.4) is 0 Å². The first-order valence-electron chi connectivity index (χ1n) is 8.65. The number of benzene rings is 1. The third kappa shape index (κ3) is 4.69. The molecule has 29 heavy (non-hydrogen) atoms. The molecule has 0 aliphatic rings. The molecule has 0 bridgehead atoms. The van der Waals surface area contributed by atoms with E-state index < -0.39 is 11.9 Å². The van der Waals surface area contributed by atoms with Gasteiger partial charge in [-0.3, -0.25) is 9.59 Å². The minimum Gasteiger partial charge on any atom is -0.467 e. The first-order chi connectivity index (χ1) is 13.9. The Morgan fingerprint density at radius 2 is 1.93 bits per heavy atom. The zero-order chi connectivity index (χ0) is 21.0. The number of carbonyl (C=O) groups is 2. The normalized spacial score (nSPS) is 10.4. The first kappa shape index (κ1) is 20.3. The number of aryl methyl sites for hydroxylation is 2. The van der Waals surface area contributed by atoms with Gasteiger partial charge in [-0.1, -0.05) is 6.07 Å². The van der Waals surface area contributed by atoms with Crippen molar-refractivity contribution in [2.24, 2.45) is 0 Å². The number of hydrogen-bond donors (Lipinski definition) is 1. The molecule has 0 saturated heterocycles. The molecule has 0 aliphatic carbocycles. The van der Waals surface area contributed by atoms with Gasteiger partial charge in [-0.15, -0.1) is 16.4 Å². The molecule has 1 N–H and O–H groups in total. The van der Waals surface area contributed by atoms with Crippen LogP contribution in [0, 0.1) is 13.8 Å². The summed E-state index contributed by atoms with van der Waals surface area (Å²) in [7, 11) is 1.27. The molecule has 0 radical (unpaired) electrons. The van der Waals surface area contributed by atoms with Crippen LogP contribution in [0.15, 0.2) is 46.6 Å². The number of nitrogens with one attached hydrogen (secondary N) is 1. The molecule has 0 unspecified atom stereocenters. The predicted molar refractivity (Wildman–Crippen MR) is 109 cm³/mol. The SMILES string of the molecule is COC(=O)c1sccc1NC(=O)COc1ccc(=O)n(-c2ccc(C)c(C)c2)n1. The van der Waals surface area contributed by atoms with E-state index in [1.54, 1.807) is 17.5 Å². The Hall–Kier alpha value is -3.46. The Labute approximate surface area is 170 Å². The van der Waals surface area contributed by atoms with Gasteiger partial charge in [-0.2, -0.15) is 4.68 Å². The van der Waals surface area contributed by atoms with Gasteiger partial charge in [-0.25, -0.2) is 4.79 Å². The van der Waals surface area contributed by atoms with Crippen molar-refractivity contribution in [3.63, 3.8) is 0 Å². The monoisotopic (exact) mass is 413 g/mol. The molecule has 2 heterocycles. The van der Waals surface area contributed by atoms with E-state index in [2.05, 4.69) is 15.2 Å². The second-order valence-electron chi connectivity index (χ2n) is 6.18. The number of esters is 1. The van der Waals surface area contributed by atoms with E-state index in [-0.39, 0.29) is 18.0 Å². The lowest BCUT2D eigenvalue weighted by atomic mass is 10.1. The largest absolute Gasteiger partial charge is 0.467 e. The van der Waals surface area contributed by atoms with Crippen molar-refractivity contribution in [2.75, 3.05) is 19.0 Å². The standard InChI is InChI=1S/C20H19N3O5S/c1-12-4-5-14(10-13(12)2)23-18(25)7-6-17(22-23)28-11-16(24)21-15-8-9-29-19(15)20(26)27-3/h4-10H,11H2,1-3H3,(H,21,24). The number of methoxy groups -OCH3 is 1. The molecule has 0 atom stereocenters. The lowest BCUT2D eigenvalue weighted by Crippen LogP contribution is -2.24.